The molecule has 2 bridgehead atoms. The van der Waals surface area contributed by atoms with E-state index in [2.05, 4.69) is 15.1 Å². The van der Waals surface area contributed by atoms with Gasteiger partial charge in [0.15, 0.2) is 17.8 Å². The first kappa shape index (κ1) is 31.9. The number of aryl methyl sites for hydroxylation is 1. The molecule has 3 aliphatic rings. The number of benzene rings is 2. The van der Waals surface area contributed by atoms with Gasteiger partial charge in [-0.1, -0.05) is 44.2 Å². The first-order chi connectivity index (χ1) is 21.6. The van der Waals surface area contributed by atoms with E-state index in [1.807, 2.05) is 44.2 Å². The summed E-state index contributed by atoms with van der Waals surface area (Å²) in [5, 5.41) is 16.0. The van der Waals surface area contributed by atoms with Gasteiger partial charge in [0.2, 0.25) is 0 Å². The number of carbonyl (C=O) groups is 1. The molecule has 3 fully saturated rings. The van der Waals surface area contributed by atoms with Crippen LogP contribution in [0.5, 0.6) is 0 Å². The first-order valence-electron chi connectivity index (χ1n) is 15.6. The zero-order valence-corrected chi connectivity index (χ0v) is 26.6. The van der Waals surface area contributed by atoms with Gasteiger partial charge in [0, 0.05) is 37.8 Å². The van der Waals surface area contributed by atoms with Crippen LogP contribution in [0.4, 0.5) is 4.79 Å². The number of aliphatic hydroxyl groups excluding tert-OH is 1. The zero-order chi connectivity index (χ0) is 31.7. The summed E-state index contributed by atoms with van der Waals surface area (Å²) in [6.45, 7) is 7.03. The molecule has 2 saturated heterocycles. The number of alkyl carbamates (subject to hydrolysis) is 1. The molecule has 7 unspecified atom stereocenters. The number of ether oxygens (including phenoxy) is 3. The Morgan fingerprint density at radius 1 is 1.13 bits per heavy atom. The number of sulfonamides is 1. The van der Waals surface area contributed by atoms with Crippen molar-refractivity contribution >= 4 is 27.2 Å². The van der Waals surface area contributed by atoms with Gasteiger partial charge in [-0.2, -0.15) is 0 Å². The lowest BCUT2D eigenvalue weighted by atomic mass is 9.98. The molecule has 45 heavy (non-hydrogen) atoms. The van der Waals surface area contributed by atoms with Crippen LogP contribution in [0.3, 0.4) is 0 Å². The topological polar surface area (TPSA) is 152 Å². The predicted octanol–water partition coefficient (Wildman–Crippen LogP) is 3.38. The summed E-state index contributed by atoms with van der Waals surface area (Å²) >= 11 is 0. The number of fused-ring (bicyclic) bond motifs is 2. The summed E-state index contributed by atoms with van der Waals surface area (Å²) in [6.07, 6.45) is -0.419. The Morgan fingerprint density at radius 2 is 1.91 bits per heavy atom. The quantitative estimate of drug-likeness (QED) is 0.237. The van der Waals surface area contributed by atoms with E-state index in [4.69, 9.17) is 18.6 Å². The molecule has 1 amide bonds. The van der Waals surface area contributed by atoms with Crippen molar-refractivity contribution in [3.8, 4) is 0 Å². The number of aromatic nitrogens is 1. The van der Waals surface area contributed by atoms with Gasteiger partial charge in [-0.25, -0.2) is 23.2 Å². The molecule has 1 aliphatic carbocycles. The zero-order valence-electron chi connectivity index (χ0n) is 25.8. The molecule has 244 valence electrons. The maximum Gasteiger partial charge on any atom is 0.407 e. The van der Waals surface area contributed by atoms with Crippen LogP contribution >= 0.6 is 0 Å². The normalized spacial score (nSPS) is 25.6. The minimum atomic E-state index is -4.02. The third-order valence-electron chi connectivity index (χ3n) is 9.01. The number of oxazole rings is 1. The second-order valence-electron chi connectivity index (χ2n) is 12.8. The molecule has 3 aromatic rings. The molecule has 2 aliphatic heterocycles. The Hall–Kier alpha value is -3.07. The second kappa shape index (κ2) is 13.3. The maximum atomic E-state index is 13.5. The third-order valence-corrected chi connectivity index (χ3v) is 10.4. The van der Waals surface area contributed by atoms with E-state index >= 15 is 0 Å². The molecular formula is C32H42N4O8S. The highest BCUT2D eigenvalue weighted by Gasteiger charge is 2.56. The Bertz CT molecular complexity index is 1580. The van der Waals surface area contributed by atoms with Crippen LogP contribution in [-0.2, 0) is 30.7 Å². The van der Waals surface area contributed by atoms with Gasteiger partial charge in [0.25, 0.3) is 10.0 Å². The van der Waals surface area contributed by atoms with Gasteiger partial charge in [-0.05, 0) is 48.9 Å². The van der Waals surface area contributed by atoms with Crippen molar-refractivity contribution in [2.24, 2.45) is 23.7 Å². The monoisotopic (exact) mass is 642 g/mol. The summed E-state index contributed by atoms with van der Waals surface area (Å²) < 4.78 is 50.0. The van der Waals surface area contributed by atoms with Crippen LogP contribution in [0, 0.1) is 30.6 Å². The molecule has 0 spiro atoms. The number of aliphatic hydroxyl groups is 1. The summed E-state index contributed by atoms with van der Waals surface area (Å²) in [6, 6.07) is 13.3. The minimum Gasteiger partial charge on any atom is -0.445 e. The van der Waals surface area contributed by atoms with Crippen molar-refractivity contribution < 1.29 is 36.9 Å². The number of rotatable bonds is 13. The van der Waals surface area contributed by atoms with E-state index < -0.39 is 28.3 Å². The number of nitrogens with one attached hydrogen (secondary N) is 2. The predicted molar refractivity (Wildman–Crippen MR) is 164 cm³/mol. The highest BCUT2D eigenvalue weighted by Crippen LogP contribution is 2.49. The average molecular weight is 643 g/mol. The molecular weight excluding hydrogens is 600 g/mol. The molecule has 1 saturated carbocycles. The molecule has 12 nitrogen and oxygen atoms in total. The highest BCUT2D eigenvalue weighted by atomic mass is 32.2. The second-order valence-corrected chi connectivity index (χ2v) is 14.5. The fourth-order valence-electron chi connectivity index (χ4n) is 6.66. The standard InChI is InChI=1S/C32H42N4O8S/c1-19(2)11-12-36(35-45(39,40)23-9-10-29-27(15-23)33-20(3)43-29)16-28(37)26(13-21-7-5-4-6-8-21)34-32(38)44-30-22-14-24-25(30)18-42-31(24)41-17-22/h4-10,15,19,22,24-26,28,30-31,35,37H,11-14,16-18H2,1-3H3,(H,34,38). The van der Waals surface area contributed by atoms with Crippen molar-refractivity contribution in [3.63, 3.8) is 0 Å². The molecule has 7 atom stereocenters. The highest BCUT2D eigenvalue weighted by molar-refractivity contribution is 7.89. The summed E-state index contributed by atoms with van der Waals surface area (Å²) in [7, 11) is -4.02. The SMILES string of the molecule is Cc1nc2cc(S(=O)(=O)NN(CCC(C)C)CC(O)C(Cc3ccccc3)NC(=O)OC3C4COC5OCC3C5C4)ccc2o1. The van der Waals surface area contributed by atoms with Crippen LogP contribution in [0.25, 0.3) is 11.1 Å². The van der Waals surface area contributed by atoms with Crippen molar-refractivity contribution in [1.29, 1.82) is 0 Å². The van der Waals surface area contributed by atoms with Crippen molar-refractivity contribution in [1.82, 2.24) is 20.1 Å². The lowest BCUT2D eigenvalue weighted by Gasteiger charge is -2.31. The smallest absolute Gasteiger partial charge is 0.407 e. The van der Waals surface area contributed by atoms with E-state index in [1.54, 1.807) is 13.0 Å². The fourth-order valence-corrected chi connectivity index (χ4v) is 7.79. The van der Waals surface area contributed by atoms with E-state index in [0.717, 1.165) is 12.0 Å². The first-order valence-corrected chi connectivity index (χ1v) is 17.1. The number of hydrogen-bond acceptors (Lipinski definition) is 10. The number of amides is 1. The van der Waals surface area contributed by atoms with Gasteiger partial charge in [0.1, 0.15) is 11.6 Å². The van der Waals surface area contributed by atoms with Crippen LogP contribution in [0.2, 0.25) is 0 Å². The van der Waals surface area contributed by atoms with Crippen molar-refractivity contribution in [2.45, 2.75) is 69.5 Å². The Balaban J connectivity index is 1.17. The molecule has 1 aromatic heterocycles. The van der Waals surface area contributed by atoms with E-state index in [0.29, 0.717) is 49.6 Å². The van der Waals surface area contributed by atoms with Gasteiger partial charge in [0.05, 0.1) is 30.3 Å². The number of hydrogen-bond donors (Lipinski definition) is 3. The van der Waals surface area contributed by atoms with Crippen LogP contribution in [-0.4, -0.2) is 80.5 Å². The summed E-state index contributed by atoms with van der Waals surface area (Å²) in [5.41, 5.74) is 1.84. The van der Waals surface area contributed by atoms with Crippen molar-refractivity contribution in [3.05, 3.63) is 60.0 Å². The molecule has 6 rings (SSSR count). The minimum absolute atomic E-state index is 0.0266. The van der Waals surface area contributed by atoms with E-state index in [9.17, 15) is 18.3 Å². The Labute approximate surface area is 263 Å². The van der Waals surface area contributed by atoms with Crippen LogP contribution in [0.1, 0.15) is 38.1 Å². The lowest BCUT2D eigenvalue weighted by Crippen LogP contribution is -2.54. The van der Waals surface area contributed by atoms with E-state index in [1.165, 1.54) is 17.1 Å². The average Bonchev–Trinajstić information content (AvgIpc) is 3.66. The number of hydrazine groups is 1. The van der Waals surface area contributed by atoms with E-state index in [-0.39, 0.29) is 47.5 Å². The largest absolute Gasteiger partial charge is 0.445 e. The number of nitrogens with zero attached hydrogens (tertiary/aromatic N) is 2. The van der Waals surface area contributed by atoms with Gasteiger partial charge in [-0.3, -0.25) is 0 Å². The maximum absolute atomic E-state index is 13.5. The molecule has 0 radical (unpaired) electrons. The van der Waals surface area contributed by atoms with Gasteiger partial charge in [-0.15, -0.1) is 4.83 Å². The van der Waals surface area contributed by atoms with Gasteiger partial charge < -0.3 is 29.1 Å². The van der Waals surface area contributed by atoms with Crippen molar-refractivity contribution in [2.75, 3.05) is 26.3 Å². The summed E-state index contributed by atoms with van der Waals surface area (Å²) in [5.74, 6) is 1.15. The molecule has 2 aromatic carbocycles. The number of carbonyl (C=O) groups excluding carboxylic acids is 1. The fraction of sp³-hybridized carbons (Fsp3) is 0.562. The third kappa shape index (κ3) is 7.34. The molecule has 3 N–H and O–H groups in total. The van der Waals surface area contributed by atoms with Gasteiger partial charge >= 0.3 is 6.09 Å². The Kier molecular flexibility index (Phi) is 9.46. The van der Waals surface area contributed by atoms with Crippen LogP contribution < -0.4 is 10.1 Å². The summed E-state index contributed by atoms with van der Waals surface area (Å²) in [4.78, 5) is 20.3. The molecule has 13 heteroatoms. The van der Waals surface area contributed by atoms with Crippen LogP contribution in [0.15, 0.2) is 57.8 Å². The molecule has 3 heterocycles. The Morgan fingerprint density at radius 3 is 2.69 bits per heavy atom. The lowest BCUT2D eigenvalue weighted by molar-refractivity contribution is -0.169.